The summed E-state index contributed by atoms with van der Waals surface area (Å²) in [5.74, 6) is -0.487. The first-order valence-electron chi connectivity index (χ1n) is 5.92. The maximum absolute atomic E-state index is 11.8. The molecule has 1 aromatic heterocycles. The summed E-state index contributed by atoms with van der Waals surface area (Å²) >= 11 is 0. The van der Waals surface area contributed by atoms with Crippen molar-refractivity contribution in [2.75, 3.05) is 7.11 Å². The number of carbonyl (C=O) groups is 1. The largest absolute Gasteiger partial charge is 0.465 e. The monoisotopic (exact) mass is 268 g/mol. The third-order valence-electron chi connectivity index (χ3n) is 2.84. The normalized spacial score (nSPS) is 9.80. The molecule has 5 nitrogen and oxygen atoms in total. The van der Waals surface area contributed by atoms with Crippen LogP contribution in [0.1, 0.15) is 21.5 Å². The fourth-order valence-corrected chi connectivity index (χ4v) is 1.77. The molecule has 0 saturated heterocycles. The van der Waals surface area contributed by atoms with E-state index in [4.69, 9.17) is 5.26 Å². The Kier molecular flexibility index (Phi) is 3.96. The summed E-state index contributed by atoms with van der Waals surface area (Å²) in [4.78, 5) is 23.2. The van der Waals surface area contributed by atoms with Crippen LogP contribution in [0.15, 0.2) is 47.4 Å². The van der Waals surface area contributed by atoms with Crippen molar-refractivity contribution in [1.82, 2.24) is 4.57 Å². The van der Waals surface area contributed by atoms with Crippen LogP contribution in [0.5, 0.6) is 0 Å². The Morgan fingerprint density at radius 1 is 1.25 bits per heavy atom. The lowest BCUT2D eigenvalue weighted by Crippen LogP contribution is -2.21. The van der Waals surface area contributed by atoms with Gasteiger partial charge in [-0.25, -0.2) is 4.79 Å². The number of aromatic nitrogens is 1. The molecule has 2 aromatic rings. The molecule has 0 amide bonds. The van der Waals surface area contributed by atoms with Gasteiger partial charge in [0.05, 0.1) is 30.9 Å². The van der Waals surface area contributed by atoms with E-state index in [2.05, 4.69) is 4.74 Å². The number of esters is 1. The Morgan fingerprint density at radius 2 is 1.95 bits per heavy atom. The summed E-state index contributed by atoms with van der Waals surface area (Å²) in [6.45, 7) is 0.329. The van der Waals surface area contributed by atoms with Gasteiger partial charge in [0.1, 0.15) is 0 Å². The number of hydrogen-bond acceptors (Lipinski definition) is 4. The van der Waals surface area contributed by atoms with E-state index in [0.717, 1.165) is 5.56 Å². The van der Waals surface area contributed by atoms with Gasteiger partial charge in [-0.15, -0.1) is 0 Å². The highest BCUT2D eigenvalue weighted by molar-refractivity contribution is 5.88. The van der Waals surface area contributed by atoms with E-state index in [-0.39, 0.29) is 5.56 Å². The summed E-state index contributed by atoms with van der Waals surface area (Å²) in [6, 6.07) is 11.7. The zero-order valence-corrected chi connectivity index (χ0v) is 10.9. The lowest BCUT2D eigenvalue weighted by molar-refractivity contribution is 0.0599. The van der Waals surface area contributed by atoms with Crippen LogP contribution in [0, 0.1) is 11.3 Å². The molecule has 1 aromatic carbocycles. The zero-order valence-electron chi connectivity index (χ0n) is 10.9. The molecule has 0 atom stereocenters. The van der Waals surface area contributed by atoms with E-state index in [9.17, 15) is 9.59 Å². The number of rotatable bonds is 3. The fourth-order valence-electron chi connectivity index (χ4n) is 1.77. The summed E-state index contributed by atoms with van der Waals surface area (Å²) in [5, 5.41) is 8.73. The Bertz CT molecular complexity index is 724. The maximum Gasteiger partial charge on any atom is 0.339 e. The van der Waals surface area contributed by atoms with E-state index in [1.54, 1.807) is 24.3 Å². The van der Waals surface area contributed by atoms with Crippen LogP contribution >= 0.6 is 0 Å². The van der Waals surface area contributed by atoms with Crippen molar-refractivity contribution in [3.8, 4) is 6.07 Å². The number of pyridine rings is 1. The standard InChI is InChI=1S/C15H12N2O3/c1-20-15(19)13-6-7-14(18)17(10-13)9-12-4-2-11(8-16)3-5-12/h2-7,10H,9H2,1H3. The molecule has 0 spiro atoms. The van der Waals surface area contributed by atoms with Gasteiger partial charge in [-0.3, -0.25) is 4.79 Å². The van der Waals surface area contributed by atoms with Crippen LogP contribution in [0.25, 0.3) is 0 Å². The van der Waals surface area contributed by atoms with E-state index >= 15 is 0 Å². The van der Waals surface area contributed by atoms with Crippen LogP contribution < -0.4 is 5.56 Å². The molecule has 1 heterocycles. The SMILES string of the molecule is COC(=O)c1ccc(=O)n(Cc2ccc(C#N)cc2)c1. The highest BCUT2D eigenvalue weighted by Gasteiger charge is 2.07. The Morgan fingerprint density at radius 3 is 2.55 bits per heavy atom. The lowest BCUT2D eigenvalue weighted by Gasteiger charge is -2.07. The number of hydrogen-bond donors (Lipinski definition) is 0. The third-order valence-corrected chi connectivity index (χ3v) is 2.84. The molecule has 2 rings (SSSR count). The predicted octanol–water partition coefficient (Wildman–Crippen LogP) is 1.55. The highest BCUT2D eigenvalue weighted by atomic mass is 16.5. The molecule has 0 aliphatic heterocycles. The van der Waals surface area contributed by atoms with Gasteiger partial charge in [0, 0.05) is 12.3 Å². The molecule has 0 saturated carbocycles. The molecule has 20 heavy (non-hydrogen) atoms. The van der Waals surface area contributed by atoms with Crippen molar-refractivity contribution in [2.45, 2.75) is 6.54 Å². The highest BCUT2D eigenvalue weighted by Crippen LogP contribution is 2.06. The van der Waals surface area contributed by atoms with Gasteiger partial charge in [0.15, 0.2) is 0 Å². The van der Waals surface area contributed by atoms with E-state index in [0.29, 0.717) is 17.7 Å². The second-order valence-electron chi connectivity index (χ2n) is 4.18. The van der Waals surface area contributed by atoms with Crippen LogP contribution in [0.2, 0.25) is 0 Å². The van der Waals surface area contributed by atoms with Crippen LogP contribution in [-0.2, 0) is 11.3 Å². The first-order chi connectivity index (χ1) is 9.63. The van der Waals surface area contributed by atoms with E-state index < -0.39 is 5.97 Å². The van der Waals surface area contributed by atoms with Gasteiger partial charge in [0.25, 0.3) is 5.56 Å². The summed E-state index contributed by atoms with van der Waals surface area (Å²) in [5.41, 5.74) is 1.54. The van der Waals surface area contributed by atoms with Crippen molar-refractivity contribution in [1.29, 1.82) is 5.26 Å². The fraction of sp³-hybridized carbons (Fsp3) is 0.133. The molecule has 0 fully saturated rings. The zero-order chi connectivity index (χ0) is 14.5. The Hall–Kier alpha value is -2.87. The molecular weight excluding hydrogens is 256 g/mol. The molecule has 0 N–H and O–H groups in total. The molecule has 0 aliphatic carbocycles. The molecular formula is C15H12N2O3. The number of benzene rings is 1. The summed E-state index contributed by atoms with van der Waals surface area (Å²) in [7, 11) is 1.29. The number of nitrogens with zero attached hydrogens (tertiary/aromatic N) is 2. The second-order valence-corrected chi connectivity index (χ2v) is 4.18. The van der Waals surface area contributed by atoms with Crippen LogP contribution in [-0.4, -0.2) is 17.6 Å². The van der Waals surface area contributed by atoms with Gasteiger partial charge < -0.3 is 9.30 Å². The molecule has 0 radical (unpaired) electrons. The van der Waals surface area contributed by atoms with Gasteiger partial charge in [0.2, 0.25) is 0 Å². The quantitative estimate of drug-likeness (QED) is 0.792. The van der Waals surface area contributed by atoms with Gasteiger partial charge >= 0.3 is 5.97 Å². The van der Waals surface area contributed by atoms with Crippen molar-refractivity contribution in [2.24, 2.45) is 0 Å². The van der Waals surface area contributed by atoms with Crippen LogP contribution in [0.3, 0.4) is 0 Å². The first kappa shape index (κ1) is 13.6. The molecule has 0 bridgehead atoms. The van der Waals surface area contributed by atoms with E-state index in [1.807, 2.05) is 6.07 Å². The average Bonchev–Trinajstić information content (AvgIpc) is 2.49. The van der Waals surface area contributed by atoms with Crippen molar-refractivity contribution < 1.29 is 9.53 Å². The number of methoxy groups -OCH3 is 1. The first-order valence-corrected chi connectivity index (χ1v) is 5.92. The van der Waals surface area contributed by atoms with E-state index in [1.165, 1.54) is 30.0 Å². The molecule has 0 aliphatic rings. The number of nitriles is 1. The Balaban J connectivity index is 2.30. The maximum atomic E-state index is 11.8. The van der Waals surface area contributed by atoms with Crippen molar-refractivity contribution >= 4 is 5.97 Å². The molecule has 5 heteroatoms. The average molecular weight is 268 g/mol. The van der Waals surface area contributed by atoms with Gasteiger partial charge in [-0.2, -0.15) is 5.26 Å². The van der Waals surface area contributed by atoms with Crippen molar-refractivity contribution in [3.63, 3.8) is 0 Å². The topological polar surface area (TPSA) is 72.1 Å². The lowest BCUT2D eigenvalue weighted by atomic mass is 10.1. The third kappa shape index (κ3) is 2.93. The molecule has 100 valence electrons. The minimum atomic E-state index is -0.487. The second kappa shape index (κ2) is 5.85. The number of carbonyl (C=O) groups excluding carboxylic acids is 1. The Labute approximate surface area is 115 Å². The van der Waals surface area contributed by atoms with Gasteiger partial charge in [-0.1, -0.05) is 12.1 Å². The molecule has 0 unspecified atom stereocenters. The summed E-state index contributed by atoms with van der Waals surface area (Å²) < 4.78 is 6.05. The minimum absolute atomic E-state index is 0.206. The van der Waals surface area contributed by atoms with Crippen molar-refractivity contribution in [3.05, 3.63) is 69.6 Å². The smallest absolute Gasteiger partial charge is 0.339 e. The van der Waals surface area contributed by atoms with Crippen LogP contribution in [0.4, 0.5) is 0 Å². The minimum Gasteiger partial charge on any atom is -0.465 e. The number of ether oxygens (including phenoxy) is 1. The predicted molar refractivity (Wildman–Crippen MR) is 72.3 cm³/mol. The summed E-state index contributed by atoms with van der Waals surface area (Å²) in [6.07, 6.45) is 1.46. The van der Waals surface area contributed by atoms with Gasteiger partial charge in [-0.05, 0) is 23.8 Å².